The second kappa shape index (κ2) is 38.8. The first-order valence-electron chi connectivity index (χ1n) is 20.4. The molecule has 0 aliphatic heterocycles. The minimum absolute atomic E-state index is 0.0889. The first-order valence-corrected chi connectivity index (χ1v) is 20.4. The number of unbranched alkanes of at least 4 members (excludes halogenated alkanes) is 23. The number of carbonyl (C=O) groups excluding carboxylic acids is 1. The predicted molar refractivity (Wildman–Crippen MR) is 207 cm³/mol. The van der Waals surface area contributed by atoms with Gasteiger partial charge in [-0.1, -0.05) is 178 Å². The maximum absolute atomic E-state index is 12.3. The lowest BCUT2D eigenvalue weighted by molar-refractivity contribution is -0.123. The van der Waals surface area contributed by atoms with Crippen LogP contribution in [0, 0.1) is 0 Å². The van der Waals surface area contributed by atoms with Crippen molar-refractivity contribution in [3.8, 4) is 0 Å². The van der Waals surface area contributed by atoms with Gasteiger partial charge in [-0.05, 0) is 64.2 Å². The van der Waals surface area contributed by atoms with Gasteiger partial charge in [0.05, 0.1) is 18.8 Å². The molecule has 0 saturated carbocycles. The summed E-state index contributed by atoms with van der Waals surface area (Å²) in [6.45, 7) is 4.27. The number of aliphatic hydroxyl groups excluding tert-OH is 2. The fourth-order valence-electron chi connectivity index (χ4n) is 5.87. The Morgan fingerprint density at radius 2 is 0.894 bits per heavy atom. The van der Waals surface area contributed by atoms with Crippen LogP contribution in [-0.2, 0) is 4.79 Å². The smallest absolute Gasteiger partial charge is 0.220 e. The predicted octanol–water partition coefficient (Wildman–Crippen LogP) is 12.4. The van der Waals surface area contributed by atoms with Gasteiger partial charge in [-0.25, -0.2) is 0 Å². The van der Waals surface area contributed by atoms with Crippen LogP contribution in [0.3, 0.4) is 0 Å². The van der Waals surface area contributed by atoms with Gasteiger partial charge in [0.15, 0.2) is 0 Å². The zero-order valence-corrected chi connectivity index (χ0v) is 31.3. The van der Waals surface area contributed by atoms with E-state index in [4.69, 9.17) is 0 Å². The highest BCUT2D eigenvalue weighted by atomic mass is 16.3. The van der Waals surface area contributed by atoms with Crippen molar-refractivity contribution in [2.24, 2.45) is 0 Å². The molecule has 0 aliphatic rings. The molecule has 3 N–H and O–H groups in total. The van der Waals surface area contributed by atoms with Crippen LogP contribution in [0.25, 0.3) is 0 Å². The van der Waals surface area contributed by atoms with Crippen molar-refractivity contribution in [1.29, 1.82) is 0 Å². The van der Waals surface area contributed by atoms with Gasteiger partial charge in [-0.3, -0.25) is 4.79 Å². The van der Waals surface area contributed by atoms with E-state index in [0.717, 1.165) is 51.4 Å². The molecule has 0 rings (SSSR count). The lowest BCUT2D eigenvalue weighted by atomic mass is 10.0. The Morgan fingerprint density at radius 1 is 0.511 bits per heavy atom. The molecule has 0 aromatic carbocycles. The van der Waals surface area contributed by atoms with Gasteiger partial charge in [-0.15, -0.1) is 0 Å². The molecule has 0 saturated heterocycles. The first-order chi connectivity index (χ1) is 23.2. The lowest BCUT2D eigenvalue weighted by Crippen LogP contribution is -2.45. The Kier molecular flexibility index (Phi) is 37.4. The van der Waals surface area contributed by atoms with Crippen molar-refractivity contribution in [3.05, 3.63) is 48.6 Å². The van der Waals surface area contributed by atoms with Gasteiger partial charge in [-0.2, -0.15) is 0 Å². The highest BCUT2D eigenvalue weighted by Crippen LogP contribution is 2.13. The van der Waals surface area contributed by atoms with Crippen molar-refractivity contribution in [2.75, 3.05) is 6.61 Å². The maximum atomic E-state index is 12.3. The third-order valence-corrected chi connectivity index (χ3v) is 9.03. The molecule has 4 heteroatoms. The highest BCUT2D eigenvalue weighted by Gasteiger charge is 2.17. The summed E-state index contributed by atoms with van der Waals surface area (Å²) in [5.74, 6) is -0.0889. The Bertz CT molecular complexity index is 756. The number of hydrogen-bond acceptors (Lipinski definition) is 3. The molecular weight excluding hydrogens is 578 g/mol. The normalized spacial score (nSPS) is 13.5. The van der Waals surface area contributed by atoms with E-state index in [2.05, 4.69) is 55.6 Å². The molecule has 0 heterocycles. The van der Waals surface area contributed by atoms with Gasteiger partial charge in [0.1, 0.15) is 0 Å². The zero-order chi connectivity index (χ0) is 34.3. The second-order valence-electron chi connectivity index (χ2n) is 13.7. The molecule has 4 nitrogen and oxygen atoms in total. The van der Waals surface area contributed by atoms with Crippen LogP contribution in [-0.4, -0.2) is 34.9 Å². The average molecular weight is 658 g/mol. The van der Waals surface area contributed by atoms with Crippen molar-refractivity contribution in [3.63, 3.8) is 0 Å². The van der Waals surface area contributed by atoms with Crippen LogP contribution in [0.1, 0.15) is 200 Å². The molecule has 0 aromatic heterocycles. The second-order valence-corrected chi connectivity index (χ2v) is 13.7. The molecule has 0 aromatic rings. The van der Waals surface area contributed by atoms with Crippen molar-refractivity contribution >= 4 is 5.91 Å². The van der Waals surface area contributed by atoms with E-state index < -0.39 is 12.1 Å². The molecule has 0 bridgehead atoms. The summed E-state index contributed by atoms with van der Waals surface area (Å²) < 4.78 is 0. The largest absolute Gasteiger partial charge is 0.394 e. The summed E-state index contributed by atoms with van der Waals surface area (Å²) in [5.41, 5.74) is 0. The van der Waals surface area contributed by atoms with Crippen LogP contribution >= 0.6 is 0 Å². The Balaban J connectivity index is 3.68. The number of amides is 1. The fraction of sp³-hybridized carbons (Fsp3) is 0.791. The van der Waals surface area contributed by atoms with Gasteiger partial charge < -0.3 is 15.5 Å². The third-order valence-electron chi connectivity index (χ3n) is 9.03. The van der Waals surface area contributed by atoms with Crippen LogP contribution in [0.2, 0.25) is 0 Å². The summed E-state index contributed by atoms with van der Waals surface area (Å²) in [5, 5.41) is 22.9. The van der Waals surface area contributed by atoms with E-state index in [9.17, 15) is 15.0 Å². The third kappa shape index (κ3) is 35.5. The van der Waals surface area contributed by atoms with Crippen LogP contribution in [0.15, 0.2) is 48.6 Å². The number of carbonyl (C=O) groups is 1. The molecule has 0 aliphatic carbocycles. The summed E-state index contributed by atoms with van der Waals surface area (Å²) in [6.07, 6.45) is 52.0. The summed E-state index contributed by atoms with van der Waals surface area (Å²) in [4.78, 5) is 12.3. The molecule has 2 atom stereocenters. The summed E-state index contributed by atoms with van der Waals surface area (Å²) in [7, 11) is 0. The number of hydrogen-bond donors (Lipinski definition) is 3. The van der Waals surface area contributed by atoms with E-state index in [1.54, 1.807) is 6.08 Å². The highest BCUT2D eigenvalue weighted by molar-refractivity contribution is 5.76. The summed E-state index contributed by atoms with van der Waals surface area (Å²) in [6, 6.07) is -0.646. The minimum atomic E-state index is -0.868. The van der Waals surface area contributed by atoms with Gasteiger partial charge in [0, 0.05) is 6.42 Å². The maximum Gasteiger partial charge on any atom is 0.220 e. The first kappa shape index (κ1) is 45.3. The quantitative estimate of drug-likeness (QED) is 0.0464. The topological polar surface area (TPSA) is 69.6 Å². The fourth-order valence-corrected chi connectivity index (χ4v) is 5.87. The standard InChI is InChI=1S/C43H79NO3/c1-3-5-7-9-11-13-15-17-19-21-22-23-24-26-28-30-32-34-36-38-42(46)41(40-45)44-43(47)39-37-35-33-31-29-27-25-20-18-16-14-12-10-8-6-4-2/h14,16,20,25,28,30,36,38,41-42,45-46H,3-13,15,17-19,21-24,26-27,29,31-35,37,39-40H2,1-2H3,(H,44,47)/b16-14-,25-20-,30-28+,38-36+. The Morgan fingerprint density at radius 3 is 1.38 bits per heavy atom. The van der Waals surface area contributed by atoms with Crippen LogP contribution in [0.5, 0.6) is 0 Å². The van der Waals surface area contributed by atoms with Crippen molar-refractivity contribution in [2.45, 2.75) is 212 Å². The van der Waals surface area contributed by atoms with Crippen LogP contribution in [0.4, 0.5) is 0 Å². The Hall–Kier alpha value is -1.65. The lowest BCUT2D eigenvalue weighted by Gasteiger charge is -2.19. The molecule has 1 amide bonds. The van der Waals surface area contributed by atoms with Gasteiger partial charge >= 0.3 is 0 Å². The number of nitrogens with one attached hydrogen (secondary N) is 1. The molecule has 47 heavy (non-hydrogen) atoms. The molecule has 0 spiro atoms. The van der Waals surface area contributed by atoms with E-state index >= 15 is 0 Å². The van der Waals surface area contributed by atoms with E-state index in [0.29, 0.717) is 6.42 Å². The number of allylic oxidation sites excluding steroid dienone is 7. The number of rotatable bonds is 36. The Labute approximate surface area is 293 Å². The van der Waals surface area contributed by atoms with E-state index in [-0.39, 0.29) is 12.5 Å². The molecule has 2 unspecified atom stereocenters. The average Bonchev–Trinajstić information content (AvgIpc) is 3.07. The monoisotopic (exact) mass is 658 g/mol. The van der Waals surface area contributed by atoms with Crippen molar-refractivity contribution in [1.82, 2.24) is 5.32 Å². The molecule has 0 radical (unpaired) electrons. The van der Waals surface area contributed by atoms with Gasteiger partial charge in [0.25, 0.3) is 0 Å². The minimum Gasteiger partial charge on any atom is -0.394 e. The van der Waals surface area contributed by atoms with E-state index in [1.165, 1.54) is 128 Å². The van der Waals surface area contributed by atoms with Crippen LogP contribution < -0.4 is 5.32 Å². The van der Waals surface area contributed by atoms with E-state index in [1.807, 2.05) is 6.08 Å². The van der Waals surface area contributed by atoms with Crippen molar-refractivity contribution < 1.29 is 15.0 Å². The zero-order valence-electron chi connectivity index (χ0n) is 31.3. The molecule has 0 fully saturated rings. The molecule has 274 valence electrons. The number of aliphatic hydroxyl groups is 2. The molecular formula is C43H79NO3. The SMILES string of the molecule is CCCCCC/C=C\C/C=C\CCCCCCCC(=O)NC(CO)C(O)/C=C/CC/C=C/CCCCCCCCCCCCCCC. The van der Waals surface area contributed by atoms with Gasteiger partial charge in [0.2, 0.25) is 5.91 Å². The summed E-state index contributed by atoms with van der Waals surface area (Å²) >= 11 is 0.